The van der Waals surface area contributed by atoms with Crippen molar-refractivity contribution in [2.24, 2.45) is 0 Å². The number of rotatable bonds is 6. The number of nitrogens with two attached hydrogens (primary N) is 1. The zero-order valence-electron chi connectivity index (χ0n) is 9.71. The third kappa shape index (κ3) is 4.19. The van der Waals surface area contributed by atoms with Gasteiger partial charge in [-0.15, -0.1) is 0 Å². The van der Waals surface area contributed by atoms with Crippen LogP contribution >= 0.6 is 0 Å². The fourth-order valence-corrected chi connectivity index (χ4v) is 1.50. The lowest BCUT2D eigenvalue weighted by Crippen LogP contribution is -2.06. The molecule has 0 aliphatic heterocycles. The quantitative estimate of drug-likeness (QED) is 0.705. The summed E-state index contributed by atoms with van der Waals surface area (Å²) in [4.78, 5) is 4.26. The molecule has 3 N–H and O–H groups in total. The second kappa shape index (κ2) is 6.27. The minimum atomic E-state index is 0.741. The Morgan fingerprint density at radius 3 is 2.80 bits per heavy atom. The smallest absolute Gasteiger partial charge is 0.149 e. The predicted molar refractivity (Wildman–Crippen MR) is 66.0 cm³/mol. The van der Waals surface area contributed by atoms with Crippen LogP contribution in [0.3, 0.4) is 0 Å². The van der Waals surface area contributed by atoms with Crippen molar-refractivity contribution in [2.45, 2.75) is 39.5 Å². The van der Waals surface area contributed by atoms with Crippen molar-refractivity contribution in [2.75, 3.05) is 17.6 Å². The highest BCUT2D eigenvalue weighted by Crippen LogP contribution is 2.15. The van der Waals surface area contributed by atoms with E-state index in [-0.39, 0.29) is 0 Å². The Morgan fingerprint density at radius 2 is 2.13 bits per heavy atom. The lowest BCUT2D eigenvalue weighted by molar-refractivity contribution is 0.684. The van der Waals surface area contributed by atoms with Crippen LogP contribution in [0.5, 0.6) is 0 Å². The van der Waals surface area contributed by atoms with E-state index in [2.05, 4.69) is 17.2 Å². The van der Waals surface area contributed by atoms with Gasteiger partial charge >= 0.3 is 0 Å². The summed E-state index contributed by atoms with van der Waals surface area (Å²) in [7, 11) is 0. The molecule has 1 heterocycles. The molecule has 0 aliphatic carbocycles. The van der Waals surface area contributed by atoms with Gasteiger partial charge in [-0.25, -0.2) is 4.98 Å². The molecule has 0 saturated heterocycles. The summed E-state index contributed by atoms with van der Waals surface area (Å²) < 4.78 is 0. The molecule has 0 spiro atoms. The second-order valence-corrected chi connectivity index (χ2v) is 3.94. The van der Waals surface area contributed by atoms with Gasteiger partial charge in [-0.05, 0) is 25.0 Å². The number of hydrogen-bond acceptors (Lipinski definition) is 3. The first-order valence-electron chi connectivity index (χ1n) is 5.70. The van der Waals surface area contributed by atoms with Gasteiger partial charge in [0.05, 0.1) is 5.69 Å². The number of aromatic nitrogens is 1. The first-order valence-corrected chi connectivity index (χ1v) is 5.70. The molecule has 84 valence electrons. The average Bonchev–Trinajstić information content (AvgIpc) is 2.20. The van der Waals surface area contributed by atoms with E-state index in [0.29, 0.717) is 0 Å². The van der Waals surface area contributed by atoms with Crippen molar-refractivity contribution in [3.05, 3.63) is 17.8 Å². The maximum atomic E-state index is 5.84. The zero-order valence-corrected chi connectivity index (χ0v) is 9.71. The standard InChI is InChI=1S/C12H21N3/c1-3-4-5-6-7-14-12-11(13)8-10(2)9-15-12/h8-9H,3-7,13H2,1-2H3,(H,14,15). The molecular formula is C12H21N3. The molecule has 0 saturated carbocycles. The van der Waals surface area contributed by atoms with Crippen LogP contribution in [0.4, 0.5) is 11.5 Å². The van der Waals surface area contributed by atoms with Crippen LogP contribution < -0.4 is 11.1 Å². The van der Waals surface area contributed by atoms with E-state index in [0.717, 1.165) is 23.6 Å². The molecule has 0 bridgehead atoms. The second-order valence-electron chi connectivity index (χ2n) is 3.94. The SMILES string of the molecule is CCCCCCNc1ncc(C)cc1N. The molecule has 0 unspecified atom stereocenters. The Kier molecular flexibility index (Phi) is 4.95. The van der Waals surface area contributed by atoms with Gasteiger partial charge < -0.3 is 11.1 Å². The van der Waals surface area contributed by atoms with Gasteiger partial charge in [-0.2, -0.15) is 0 Å². The average molecular weight is 207 g/mol. The maximum Gasteiger partial charge on any atom is 0.149 e. The summed E-state index contributed by atoms with van der Waals surface area (Å²) in [5.41, 5.74) is 7.68. The van der Waals surface area contributed by atoms with Crippen LogP contribution in [0, 0.1) is 6.92 Å². The lowest BCUT2D eigenvalue weighted by Gasteiger charge is -2.08. The lowest BCUT2D eigenvalue weighted by atomic mass is 10.2. The van der Waals surface area contributed by atoms with Crippen molar-refractivity contribution >= 4 is 11.5 Å². The van der Waals surface area contributed by atoms with Crippen molar-refractivity contribution in [1.82, 2.24) is 4.98 Å². The molecule has 0 aliphatic rings. The molecule has 3 nitrogen and oxygen atoms in total. The Bertz CT molecular complexity index is 297. The molecule has 0 atom stereocenters. The largest absolute Gasteiger partial charge is 0.396 e. The predicted octanol–water partition coefficient (Wildman–Crippen LogP) is 2.96. The van der Waals surface area contributed by atoms with Gasteiger partial charge in [-0.3, -0.25) is 0 Å². The Labute approximate surface area is 92.1 Å². The number of nitrogen functional groups attached to an aromatic ring is 1. The molecular weight excluding hydrogens is 186 g/mol. The van der Waals surface area contributed by atoms with Gasteiger partial charge in [0, 0.05) is 12.7 Å². The number of nitrogens with one attached hydrogen (secondary N) is 1. The van der Waals surface area contributed by atoms with Gasteiger partial charge in [0.2, 0.25) is 0 Å². The van der Waals surface area contributed by atoms with Gasteiger partial charge in [0.15, 0.2) is 0 Å². The van der Waals surface area contributed by atoms with E-state index in [1.165, 1.54) is 25.7 Å². The Hall–Kier alpha value is -1.25. The first-order chi connectivity index (χ1) is 7.24. The van der Waals surface area contributed by atoms with E-state index in [1.807, 2.05) is 19.2 Å². The Balaban J connectivity index is 2.31. The Morgan fingerprint density at radius 1 is 1.33 bits per heavy atom. The number of nitrogens with zero attached hydrogens (tertiary/aromatic N) is 1. The fraction of sp³-hybridized carbons (Fsp3) is 0.583. The number of hydrogen-bond donors (Lipinski definition) is 2. The van der Waals surface area contributed by atoms with E-state index in [4.69, 9.17) is 5.73 Å². The van der Waals surface area contributed by atoms with Crippen LogP contribution in [-0.4, -0.2) is 11.5 Å². The van der Waals surface area contributed by atoms with Gasteiger partial charge in [0.1, 0.15) is 5.82 Å². The number of anilines is 2. The molecule has 0 fully saturated rings. The minimum absolute atomic E-state index is 0.741. The van der Waals surface area contributed by atoms with Crippen LogP contribution in [-0.2, 0) is 0 Å². The molecule has 1 aromatic heterocycles. The summed E-state index contributed by atoms with van der Waals surface area (Å²) in [6.45, 7) is 5.17. The molecule has 1 aromatic rings. The zero-order chi connectivity index (χ0) is 11.1. The van der Waals surface area contributed by atoms with E-state index < -0.39 is 0 Å². The maximum absolute atomic E-state index is 5.84. The molecule has 0 aromatic carbocycles. The highest BCUT2D eigenvalue weighted by atomic mass is 15.0. The molecule has 15 heavy (non-hydrogen) atoms. The summed E-state index contributed by atoms with van der Waals surface area (Å²) >= 11 is 0. The minimum Gasteiger partial charge on any atom is -0.396 e. The van der Waals surface area contributed by atoms with E-state index >= 15 is 0 Å². The van der Waals surface area contributed by atoms with Crippen molar-refractivity contribution in [3.63, 3.8) is 0 Å². The molecule has 1 rings (SSSR count). The highest BCUT2D eigenvalue weighted by molar-refractivity contribution is 5.61. The number of aryl methyl sites for hydroxylation is 1. The van der Waals surface area contributed by atoms with Crippen molar-refractivity contribution in [3.8, 4) is 0 Å². The van der Waals surface area contributed by atoms with Gasteiger partial charge in [-0.1, -0.05) is 26.2 Å². The molecule has 3 heteroatoms. The normalized spacial score (nSPS) is 10.3. The van der Waals surface area contributed by atoms with Crippen LogP contribution in [0.15, 0.2) is 12.3 Å². The van der Waals surface area contributed by atoms with Crippen LogP contribution in [0.2, 0.25) is 0 Å². The number of pyridine rings is 1. The summed E-state index contributed by atoms with van der Waals surface area (Å²) in [6.07, 6.45) is 6.87. The van der Waals surface area contributed by atoms with Crippen molar-refractivity contribution in [1.29, 1.82) is 0 Å². The van der Waals surface area contributed by atoms with Crippen molar-refractivity contribution < 1.29 is 0 Å². The summed E-state index contributed by atoms with van der Waals surface area (Å²) in [5, 5.41) is 3.26. The summed E-state index contributed by atoms with van der Waals surface area (Å²) in [5.74, 6) is 0.817. The topological polar surface area (TPSA) is 50.9 Å². The fourth-order valence-electron chi connectivity index (χ4n) is 1.50. The number of unbranched alkanes of at least 4 members (excludes halogenated alkanes) is 3. The third-order valence-corrected chi connectivity index (χ3v) is 2.38. The monoisotopic (exact) mass is 207 g/mol. The van der Waals surface area contributed by atoms with Gasteiger partial charge in [0.25, 0.3) is 0 Å². The van der Waals surface area contributed by atoms with E-state index in [1.54, 1.807) is 0 Å². The first kappa shape index (κ1) is 11.8. The molecule has 0 radical (unpaired) electrons. The highest BCUT2D eigenvalue weighted by Gasteiger charge is 1.99. The molecule has 0 amide bonds. The third-order valence-electron chi connectivity index (χ3n) is 2.38. The summed E-state index contributed by atoms with van der Waals surface area (Å²) in [6, 6.07) is 1.95. The van der Waals surface area contributed by atoms with Crippen LogP contribution in [0.1, 0.15) is 38.2 Å². The van der Waals surface area contributed by atoms with Crippen LogP contribution in [0.25, 0.3) is 0 Å². The van der Waals surface area contributed by atoms with E-state index in [9.17, 15) is 0 Å².